The number of halogens is 1. The number of carbonyl (C=O) groups is 1. The van der Waals surface area contributed by atoms with Crippen LogP contribution in [0.5, 0.6) is 0 Å². The van der Waals surface area contributed by atoms with Gasteiger partial charge in [0.05, 0.1) is 5.38 Å². The van der Waals surface area contributed by atoms with Crippen LogP contribution >= 0.6 is 11.6 Å². The summed E-state index contributed by atoms with van der Waals surface area (Å²) in [4.78, 5) is 10.5. The maximum Gasteiger partial charge on any atom is 0.332 e. The predicted molar refractivity (Wildman–Crippen MR) is 56.6 cm³/mol. The number of aliphatic carboxylic acids is 1. The van der Waals surface area contributed by atoms with Crippen LogP contribution in [0.25, 0.3) is 0 Å². The highest BCUT2D eigenvalue weighted by molar-refractivity contribution is 6.25. The first-order chi connectivity index (χ1) is 6.61. The summed E-state index contributed by atoms with van der Waals surface area (Å²) in [7, 11) is 0. The van der Waals surface area contributed by atoms with E-state index in [0.717, 1.165) is 5.56 Å². The molecule has 0 radical (unpaired) electrons. The maximum atomic E-state index is 10.5. The van der Waals surface area contributed by atoms with Crippen molar-refractivity contribution in [3.8, 4) is 0 Å². The highest BCUT2D eigenvalue weighted by Gasteiger charge is 2.15. The Hall–Kier alpha value is -1.28. The van der Waals surface area contributed by atoms with Crippen LogP contribution in [0.1, 0.15) is 5.56 Å². The molecule has 1 aromatic rings. The lowest BCUT2D eigenvalue weighted by Crippen LogP contribution is -2.13. The highest BCUT2D eigenvalue weighted by atomic mass is 35.5. The zero-order valence-corrected chi connectivity index (χ0v) is 8.37. The van der Waals surface area contributed by atoms with E-state index in [4.69, 9.17) is 16.7 Å². The fourth-order valence-electron chi connectivity index (χ4n) is 1.08. The molecule has 1 aromatic carbocycles. The van der Waals surface area contributed by atoms with E-state index in [2.05, 4.69) is 6.58 Å². The van der Waals surface area contributed by atoms with Gasteiger partial charge in [0, 0.05) is 5.57 Å². The molecule has 1 atom stereocenters. The number of benzene rings is 1. The van der Waals surface area contributed by atoms with Crippen molar-refractivity contribution >= 4 is 17.6 Å². The normalized spacial score (nSPS) is 12.1. The van der Waals surface area contributed by atoms with Crippen molar-refractivity contribution in [2.75, 3.05) is 0 Å². The van der Waals surface area contributed by atoms with E-state index in [1.807, 2.05) is 30.3 Å². The van der Waals surface area contributed by atoms with Crippen molar-refractivity contribution < 1.29 is 9.90 Å². The molecule has 2 nitrogen and oxygen atoms in total. The van der Waals surface area contributed by atoms with Crippen LogP contribution in [0.4, 0.5) is 0 Å². The second-order valence-corrected chi connectivity index (χ2v) is 3.51. The summed E-state index contributed by atoms with van der Waals surface area (Å²) >= 11 is 5.88. The molecule has 1 N–H and O–H groups in total. The SMILES string of the molecule is C=C(C(=O)O)C(Cl)Cc1ccccc1. The lowest BCUT2D eigenvalue weighted by molar-refractivity contribution is -0.132. The molecule has 0 aromatic heterocycles. The quantitative estimate of drug-likeness (QED) is 0.613. The van der Waals surface area contributed by atoms with Crippen LogP contribution in [-0.4, -0.2) is 16.5 Å². The molecule has 0 spiro atoms. The van der Waals surface area contributed by atoms with Crippen LogP contribution in [0.2, 0.25) is 0 Å². The van der Waals surface area contributed by atoms with E-state index in [9.17, 15) is 4.79 Å². The molecule has 0 bridgehead atoms. The standard InChI is InChI=1S/C11H11ClO2/c1-8(11(13)14)10(12)7-9-5-3-2-4-6-9/h2-6,10H,1,7H2,(H,13,14). The summed E-state index contributed by atoms with van der Waals surface area (Å²) in [6, 6.07) is 9.50. The van der Waals surface area contributed by atoms with Gasteiger partial charge in [-0.25, -0.2) is 4.79 Å². The Kier molecular flexibility index (Phi) is 3.72. The van der Waals surface area contributed by atoms with Crippen molar-refractivity contribution in [3.05, 3.63) is 48.0 Å². The van der Waals surface area contributed by atoms with E-state index in [0.29, 0.717) is 6.42 Å². The smallest absolute Gasteiger partial charge is 0.332 e. The molecule has 0 aliphatic heterocycles. The molecule has 0 saturated carbocycles. The molecule has 0 amide bonds. The van der Waals surface area contributed by atoms with E-state index < -0.39 is 11.3 Å². The second-order valence-electron chi connectivity index (χ2n) is 2.99. The summed E-state index contributed by atoms with van der Waals surface area (Å²) in [5.41, 5.74) is 1.05. The fourth-order valence-corrected chi connectivity index (χ4v) is 1.35. The van der Waals surface area contributed by atoms with Gasteiger partial charge in [0.15, 0.2) is 0 Å². The van der Waals surface area contributed by atoms with E-state index in [1.165, 1.54) is 0 Å². The first-order valence-electron chi connectivity index (χ1n) is 4.21. The molecule has 1 unspecified atom stereocenters. The van der Waals surface area contributed by atoms with Crippen molar-refractivity contribution in [2.45, 2.75) is 11.8 Å². The minimum Gasteiger partial charge on any atom is -0.478 e. The van der Waals surface area contributed by atoms with Gasteiger partial charge in [-0.05, 0) is 12.0 Å². The Morgan fingerprint density at radius 3 is 2.50 bits per heavy atom. The molecular formula is C11H11ClO2. The summed E-state index contributed by atoms with van der Waals surface area (Å²) in [5.74, 6) is -1.04. The van der Waals surface area contributed by atoms with Gasteiger partial charge in [-0.1, -0.05) is 36.9 Å². The molecule has 74 valence electrons. The topological polar surface area (TPSA) is 37.3 Å². The van der Waals surface area contributed by atoms with Gasteiger partial charge in [0.1, 0.15) is 0 Å². The summed E-state index contributed by atoms with van der Waals surface area (Å²) < 4.78 is 0. The van der Waals surface area contributed by atoms with Gasteiger partial charge in [0.25, 0.3) is 0 Å². The minimum absolute atomic E-state index is 0.0375. The molecule has 0 aliphatic rings. The van der Waals surface area contributed by atoms with Crippen LogP contribution in [0.3, 0.4) is 0 Å². The molecule has 0 heterocycles. The van der Waals surface area contributed by atoms with Crippen molar-refractivity contribution in [3.63, 3.8) is 0 Å². The van der Waals surface area contributed by atoms with Gasteiger partial charge in [-0.3, -0.25) is 0 Å². The summed E-state index contributed by atoms with van der Waals surface area (Å²) in [6.07, 6.45) is 0.494. The van der Waals surface area contributed by atoms with Gasteiger partial charge in [-0.15, -0.1) is 11.6 Å². The van der Waals surface area contributed by atoms with Crippen LogP contribution in [0.15, 0.2) is 42.5 Å². The Bertz CT molecular complexity index is 332. The van der Waals surface area contributed by atoms with Crippen LogP contribution < -0.4 is 0 Å². The van der Waals surface area contributed by atoms with Crippen LogP contribution in [-0.2, 0) is 11.2 Å². The average molecular weight is 211 g/mol. The molecule has 3 heteroatoms. The average Bonchev–Trinajstić information content (AvgIpc) is 2.18. The Morgan fingerprint density at radius 2 is 2.00 bits per heavy atom. The minimum atomic E-state index is -1.04. The monoisotopic (exact) mass is 210 g/mol. The maximum absolute atomic E-state index is 10.5. The molecule has 0 saturated heterocycles. The zero-order chi connectivity index (χ0) is 10.6. The van der Waals surface area contributed by atoms with E-state index in [-0.39, 0.29) is 5.57 Å². The van der Waals surface area contributed by atoms with Crippen molar-refractivity contribution in [1.82, 2.24) is 0 Å². The number of alkyl halides is 1. The lowest BCUT2D eigenvalue weighted by Gasteiger charge is -2.08. The van der Waals surface area contributed by atoms with Gasteiger partial charge in [-0.2, -0.15) is 0 Å². The van der Waals surface area contributed by atoms with Crippen molar-refractivity contribution in [2.24, 2.45) is 0 Å². The largest absolute Gasteiger partial charge is 0.478 e. The Balaban J connectivity index is 2.62. The van der Waals surface area contributed by atoms with Gasteiger partial charge >= 0.3 is 5.97 Å². The molecular weight excluding hydrogens is 200 g/mol. The third-order valence-corrected chi connectivity index (χ3v) is 2.33. The van der Waals surface area contributed by atoms with E-state index in [1.54, 1.807) is 0 Å². The van der Waals surface area contributed by atoms with Gasteiger partial charge < -0.3 is 5.11 Å². The fraction of sp³-hybridized carbons (Fsp3) is 0.182. The predicted octanol–water partition coefficient (Wildman–Crippen LogP) is 2.48. The molecule has 14 heavy (non-hydrogen) atoms. The van der Waals surface area contributed by atoms with E-state index >= 15 is 0 Å². The number of carboxylic acids is 1. The zero-order valence-electron chi connectivity index (χ0n) is 7.61. The Labute approximate surface area is 87.8 Å². The van der Waals surface area contributed by atoms with Crippen molar-refractivity contribution in [1.29, 1.82) is 0 Å². The summed E-state index contributed by atoms with van der Waals surface area (Å²) in [5, 5.41) is 8.10. The Morgan fingerprint density at radius 1 is 1.43 bits per heavy atom. The third-order valence-electron chi connectivity index (χ3n) is 1.91. The molecule has 0 fully saturated rings. The molecule has 0 aliphatic carbocycles. The molecule has 1 rings (SSSR count). The first kappa shape index (κ1) is 10.8. The first-order valence-corrected chi connectivity index (χ1v) is 4.65. The summed E-state index contributed by atoms with van der Waals surface area (Å²) in [6.45, 7) is 3.42. The number of hydrogen-bond acceptors (Lipinski definition) is 1. The number of hydrogen-bond donors (Lipinski definition) is 1. The second kappa shape index (κ2) is 4.82. The lowest BCUT2D eigenvalue weighted by atomic mass is 10.1. The van der Waals surface area contributed by atoms with Gasteiger partial charge in [0.2, 0.25) is 0 Å². The van der Waals surface area contributed by atoms with Crippen LogP contribution in [0, 0.1) is 0 Å². The number of carboxylic acid groups (broad SMARTS) is 1. The number of rotatable bonds is 4. The third kappa shape index (κ3) is 2.89. The highest BCUT2D eigenvalue weighted by Crippen LogP contribution is 2.14.